The van der Waals surface area contributed by atoms with Crippen LogP contribution in [0.2, 0.25) is 0 Å². The first-order valence-electron chi connectivity index (χ1n) is 11.1. The molecule has 2 aliphatic rings. The summed E-state index contributed by atoms with van der Waals surface area (Å²) < 4.78 is 27.4. The maximum Gasteiger partial charge on any atom is 0.222 e. The van der Waals surface area contributed by atoms with Gasteiger partial charge in [-0.1, -0.05) is 0 Å². The van der Waals surface area contributed by atoms with E-state index in [1.165, 1.54) is 25.6 Å². The molecule has 2 heterocycles. The summed E-state index contributed by atoms with van der Waals surface area (Å²) in [7, 11) is 3.12. The van der Waals surface area contributed by atoms with Gasteiger partial charge in [0.1, 0.15) is 25.4 Å². The first-order valence-corrected chi connectivity index (χ1v) is 11.1. The minimum atomic E-state index is -0.400. The molecule has 1 aliphatic carbocycles. The van der Waals surface area contributed by atoms with Gasteiger partial charge in [0.05, 0.1) is 31.0 Å². The number of nitrogens with one attached hydrogen (secondary N) is 1. The van der Waals surface area contributed by atoms with Gasteiger partial charge in [-0.15, -0.1) is 0 Å². The van der Waals surface area contributed by atoms with Crippen molar-refractivity contribution in [2.75, 3.05) is 46.0 Å². The zero-order valence-corrected chi connectivity index (χ0v) is 19.2. The van der Waals surface area contributed by atoms with Gasteiger partial charge >= 0.3 is 0 Å². The molecule has 180 valence electrons. The number of aromatic nitrogens is 2. The molecule has 10 heteroatoms. The number of carbonyl (C=O) groups is 2. The van der Waals surface area contributed by atoms with Gasteiger partial charge < -0.3 is 29.0 Å². The number of allylic oxidation sites excluding steroid dienone is 2. The molecular formula is C24H27N3O7. The molecule has 0 amide bonds. The molecule has 34 heavy (non-hydrogen) atoms. The SMILES string of the molecule is COCCOc1cc2ncnc(NC3=CC(=O)C(OCC4CCCCO4)=CC3=O)c2cc1OC. The van der Waals surface area contributed by atoms with E-state index in [0.717, 1.165) is 19.3 Å². The number of carbonyl (C=O) groups excluding carboxylic acids is 2. The van der Waals surface area contributed by atoms with Crippen molar-refractivity contribution >= 4 is 28.3 Å². The summed E-state index contributed by atoms with van der Waals surface area (Å²) in [5.41, 5.74) is 0.665. The molecule has 0 radical (unpaired) electrons. The highest BCUT2D eigenvalue weighted by Gasteiger charge is 2.24. The van der Waals surface area contributed by atoms with E-state index in [2.05, 4.69) is 15.3 Å². The Balaban J connectivity index is 1.49. The van der Waals surface area contributed by atoms with Crippen molar-refractivity contribution in [2.24, 2.45) is 0 Å². The molecule has 1 aromatic heterocycles. The van der Waals surface area contributed by atoms with Crippen molar-refractivity contribution in [1.82, 2.24) is 9.97 Å². The molecule has 10 nitrogen and oxygen atoms in total. The zero-order valence-electron chi connectivity index (χ0n) is 19.2. The quantitative estimate of drug-likeness (QED) is 0.411. The molecule has 0 spiro atoms. The van der Waals surface area contributed by atoms with Crippen molar-refractivity contribution in [3.8, 4) is 11.5 Å². The minimum Gasteiger partial charge on any atom is -0.493 e. The van der Waals surface area contributed by atoms with Crippen molar-refractivity contribution in [2.45, 2.75) is 25.4 Å². The van der Waals surface area contributed by atoms with Crippen LogP contribution in [0.15, 0.2) is 42.1 Å². The second-order valence-electron chi connectivity index (χ2n) is 7.80. The van der Waals surface area contributed by atoms with Crippen LogP contribution in [0.5, 0.6) is 11.5 Å². The standard InChI is InChI=1S/C24H27N3O7/c1-30-7-8-33-23-11-17-16(9-22(23)31-2)24(26-14-25-17)27-18-10-20(29)21(12-19(18)28)34-13-15-5-3-4-6-32-15/h9-12,14-15H,3-8,13H2,1-2H3,(H,25,26,27). The highest BCUT2D eigenvalue weighted by Crippen LogP contribution is 2.34. The van der Waals surface area contributed by atoms with Crippen LogP contribution in [-0.2, 0) is 23.8 Å². The normalized spacial score (nSPS) is 18.4. The molecule has 4 rings (SSSR count). The van der Waals surface area contributed by atoms with Crippen molar-refractivity contribution in [3.63, 3.8) is 0 Å². The van der Waals surface area contributed by atoms with E-state index in [4.69, 9.17) is 23.7 Å². The first kappa shape index (κ1) is 23.7. The second-order valence-corrected chi connectivity index (χ2v) is 7.80. The Morgan fingerprint density at radius 3 is 2.68 bits per heavy atom. The Labute approximate surface area is 196 Å². The van der Waals surface area contributed by atoms with Crippen molar-refractivity contribution < 1.29 is 33.3 Å². The zero-order chi connectivity index (χ0) is 23.9. The number of ether oxygens (including phenoxy) is 5. The molecule has 1 atom stereocenters. The Kier molecular flexibility index (Phi) is 7.71. The fourth-order valence-corrected chi connectivity index (χ4v) is 3.67. The molecule has 1 fully saturated rings. The number of rotatable bonds is 10. The predicted molar refractivity (Wildman–Crippen MR) is 123 cm³/mol. The highest BCUT2D eigenvalue weighted by molar-refractivity contribution is 6.20. The summed E-state index contributed by atoms with van der Waals surface area (Å²) in [6.45, 7) is 1.70. The predicted octanol–water partition coefficient (Wildman–Crippen LogP) is 2.58. The summed E-state index contributed by atoms with van der Waals surface area (Å²) in [5, 5.41) is 3.55. The summed E-state index contributed by atoms with van der Waals surface area (Å²) >= 11 is 0. The van der Waals surface area contributed by atoms with Gasteiger partial charge in [0.25, 0.3) is 0 Å². The van der Waals surface area contributed by atoms with Gasteiger partial charge in [-0.05, 0) is 25.3 Å². The highest BCUT2D eigenvalue weighted by atomic mass is 16.5. The summed E-state index contributed by atoms with van der Waals surface area (Å²) in [4.78, 5) is 33.8. The number of hydrogen-bond acceptors (Lipinski definition) is 10. The van der Waals surface area contributed by atoms with Crippen LogP contribution in [0.25, 0.3) is 10.9 Å². The van der Waals surface area contributed by atoms with Gasteiger partial charge in [-0.3, -0.25) is 9.59 Å². The summed E-state index contributed by atoms with van der Waals surface area (Å²) in [6, 6.07) is 3.43. The molecule has 1 N–H and O–H groups in total. The molecule has 0 saturated carbocycles. The first-order chi connectivity index (χ1) is 16.6. The lowest BCUT2D eigenvalue weighted by molar-refractivity contribution is -0.118. The van der Waals surface area contributed by atoms with Crippen LogP contribution in [0, 0.1) is 0 Å². The van der Waals surface area contributed by atoms with E-state index in [0.29, 0.717) is 48.0 Å². The molecule has 1 aliphatic heterocycles. The molecule has 2 aromatic rings. The van der Waals surface area contributed by atoms with E-state index in [9.17, 15) is 9.59 Å². The van der Waals surface area contributed by atoms with Gasteiger partial charge in [0.2, 0.25) is 11.6 Å². The second kappa shape index (κ2) is 11.1. The topological polar surface area (TPSA) is 118 Å². The van der Waals surface area contributed by atoms with E-state index in [1.807, 2.05) is 0 Å². The van der Waals surface area contributed by atoms with Crippen LogP contribution < -0.4 is 14.8 Å². The number of hydrogen-bond donors (Lipinski definition) is 1. The molecular weight excluding hydrogens is 442 g/mol. The Bertz CT molecular complexity index is 1120. The summed E-state index contributed by atoms with van der Waals surface area (Å²) in [5.74, 6) is 0.554. The third-order valence-electron chi connectivity index (χ3n) is 5.46. The third-order valence-corrected chi connectivity index (χ3v) is 5.46. The average molecular weight is 469 g/mol. The van der Waals surface area contributed by atoms with E-state index in [1.54, 1.807) is 19.2 Å². The van der Waals surface area contributed by atoms with Crippen LogP contribution >= 0.6 is 0 Å². The monoisotopic (exact) mass is 469 g/mol. The van der Waals surface area contributed by atoms with Crippen LogP contribution in [0.1, 0.15) is 19.3 Å². The van der Waals surface area contributed by atoms with E-state index in [-0.39, 0.29) is 24.2 Å². The summed E-state index contributed by atoms with van der Waals surface area (Å²) in [6.07, 6.45) is 6.67. The van der Waals surface area contributed by atoms with Gasteiger partial charge in [0, 0.05) is 37.3 Å². The smallest absolute Gasteiger partial charge is 0.222 e. The lowest BCUT2D eigenvalue weighted by Crippen LogP contribution is -2.26. The molecule has 1 saturated heterocycles. The van der Waals surface area contributed by atoms with Crippen LogP contribution in [0.4, 0.5) is 5.82 Å². The lowest BCUT2D eigenvalue weighted by atomic mass is 10.1. The molecule has 0 bridgehead atoms. The maximum absolute atomic E-state index is 12.7. The largest absolute Gasteiger partial charge is 0.493 e. The Morgan fingerprint density at radius 1 is 1.03 bits per heavy atom. The fraction of sp³-hybridized carbons (Fsp3) is 0.417. The number of fused-ring (bicyclic) bond motifs is 1. The van der Waals surface area contributed by atoms with Crippen molar-refractivity contribution in [3.05, 3.63) is 42.1 Å². The number of anilines is 1. The maximum atomic E-state index is 12.7. The van der Waals surface area contributed by atoms with Crippen LogP contribution in [0.3, 0.4) is 0 Å². The number of benzene rings is 1. The molecule has 1 unspecified atom stereocenters. The third kappa shape index (κ3) is 5.52. The number of ketones is 2. The molecule has 1 aromatic carbocycles. The average Bonchev–Trinajstić information content (AvgIpc) is 2.85. The van der Waals surface area contributed by atoms with Crippen molar-refractivity contribution in [1.29, 1.82) is 0 Å². The Hall–Kier alpha value is -3.50. The van der Waals surface area contributed by atoms with Gasteiger partial charge in [0.15, 0.2) is 17.3 Å². The number of nitrogens with zero attached hydrogens (tertiary/aromatic N) is 2. The van der Waals surface area contributed by atoms with Crippen LogP contribution in [-0.4, -0.2) is 68.3 Å². The Morgan fingerprint density at radius 2 is 1.91 bits per heavy atom. The van der Waals surface area contributed by atoms with Gasteiger partial charge in [-0.25, -0.2) is 9.97 Å². The minimum absolute atomic E-state index is 0.0109. The van der Waals surface area contributed by atoms with E-state index < -0.39 is 11.6 Å². The lowest BCUT2D eigenvalue weighted by Gasteiger charge is -2.23. The van der Waals surface area contributed by atoms with Gasteiger partial charge in [-0.2, -0.15) is 0 Å². The number of methoxy groups -OCH3 is 2. The van der Waals surface area contributed by atoms with E-state index >= 15 is 0 Å². The fourth-order valence-electron chi connectivity index (χ4n) is 3.67.